The highest BCUT2D eigenvalue weighted by Gasteiger charge is 2.31. The Morgan fingerprint density at radius 2 is 2.21 bits per heavy atom. The molecule has 0 spiro atoms. The molecule has 2 aliphatic rings. The summed E-state index contributed by atoms with van der Waals surface area (Å²) in [5.74, 6) is 0.622. The lowest BCUT2D eigenvalue weighted by Gasteiger charge is -2.24. The first kappa shape index (κ1) is 17.1. The van der Waals surface area contributed by atoms with Gasteiger partial charge in [-0.05, 0) is 19.3 Å². The molecule has 0 bridgehead atoms. The molecule has 3 rings (SSSR count). The molecular formula is C15H22N4O4S. The lowest BCUT2D eigenvalue weighted by molar-refractivity contribution is 0.0853. The monoisotopic (exact) mass is 354 g/mol. The average molecular weight is 354 g/mol. The number of sulfone groups is 1. The topological polar surface area (TPSA) is 101 Å². The summed E-state index contributed by atoms with van der Waals surface area (Å²) >= 11 is 0. The van der Waals surface area contributed by atoms with Gasteiger partial charge in [-0.25, -0.2) is 18.4 Å². The summed E-state index contributed by atoms with van der Waals surface area (Å²) in [6, 6.07) is -0.0940. The molecule has 2 fully saturated rings. The average Bonchev–Trinajstić information content (AvgIpc) is 3.21. The number of aromatic nitrogens is 2. The van der Waals surface area contributed by atoms with Gasteiger partial charge < -0.3 is 15.0 Å². The highest BCUT2D eigenvalue weighted by Crippen LogP contribution is 2.20. The number of carbonyl (C=O) groups excluding carboxylic acids is 1. The van der Waals surface area contributed by atoms with Crippen LogP contribution in [0, 0.1) is 0 Å². The third kappa shape index (κ3) is 4.02. The van der Waals surface area contributed by atoms with Gasteiger partial charge in [-0.1, -0.05) is 0 Å². The number of nitrogens with zero attached hydrogens (tertiary/aromatic N) is 3. The predicted molar refractivity (Wildman–Crippen MR) is 88.8 cm³/mol. The van der Waals surface area contributed by atoms with Crippen molar-refractivity contribution in [3.05, 3.63) is 18.1 Å². The van der Waals surface area contributed by atoms with E-state index in [4.69, 9.17) is 4.74 Å². The first-order valence-electron chi connectivity index (χ1n) is 8.10. The van der Waals surface area contributed by atoms with Crippen molar-refractivity contribution in [3.63, 3.8) is 0 Å². The molecule has 0 radical (unpaired) electrons. The molecule has 0 aromatic carbocycles. The van der Waals surface area contributed by atoms with Crippen LogP contribution in [0.15, 0.2) is 12.4 Å². The van der Waals surface area contributed by atoms with Crippen molar-refractivity contribution < 1.29 is 17.9 Å². The van der Waals surface area contributed by atoms with E-state index in [-0.39, 0.29) is 35.3 Å². The second-order valence-electron chi connectivity index (χ2n) is 6.27. The molecule has 2 saturated heterocycles. The second kappa shape index (κ2) is 7.02. The predicted octanol–water partition coefficient (Wildman–Crippen LogP) is 0.00870. The van der Waals surface area contributed by atoms with Crippen LogP contribution >= 0.6 is 0 Å². The van der Waals surface area contributed by atoms with Crippen molar-refractivity contribution in [1.29, 1.82) is 0 Å². The Morgan fingerprint density at radius 1 is 1.38 bits per heavy atom. The molecule has 3 heterocycles. The van der Waals surface area contributed by atoms with E-state index in [9.17, 15) is 13.2 Å². The number of hydrogen-bond donors (Lipinski definition) is 1. The maximum absolute atomic E-state index is 12.1. The van der Waals surface area contributed by atoms with E-state index in [1.807, 2.05) is 4.90 Å². The largest absolute Gasteiger partial charge is 0.376 e. The molecule has 1 N–H and O–H groups in total. The van der Waals surface area contributed by atoms with E-state index in [0.717, 1.165) is 19.4 Å². The lowest BCUT2D eigenvalue weighted by atomic mass is 10.2. The van der Waals surface area contributed by atoms with E-state index >= 15 is 0 Å². The first-order chi connectivity index (χ1) is 11.4. The van der Waals surface area contributed by atoms with E-state index in [1.165, 1.54) is 12.4 Å². The maximum Gasteiger partial charge on any atom is 0.271 e. The number of anilines is 1. The molecule has 0 aliphatic carbocycles. The number of nitrogens with one attached hydrogen (secondary N) is 1. The molecule has 1 aromatic heterocycles. The first-order valence-corrected chi connectivity index (χ1v) is 9.92. The molecule has 2 unspecified atom stereocenters. The van der Waals surface area contributed by atoms with Crippen molar-refractivity contribution in [2.24, 2.45) is 0 Å². The van der Waals surface area contributed by atoms with Crippen LogP contribution in [0.4, 0.5) is 5.82 Å². The number of carbonyl (C=O) groups is 1. The van der Waals surface area contributed by atoms with Crippen LogP contribution < -0.4 is 10.2 Å². The molecule has 2 atom stereocenters. The standard InChI is InChI=1S/C15H22N4O4S/c1-19(11-4-6-24(21,22)10-11)14-9-16-13(8-17-14)15(20)18-7-12-3-2-5-23-12/h8-9,11-12H,2-7,10H2,1H3,(H,18,20). The van der Waals surface area contributed by atoms with Crippen molar-refractivity contribution in [2.75, 3.05) is 36.6 Å². The summed E-state index contributed by atoms with van der Waals surface area (Å²) in [4.78, 5) is 22.3. The summed E-state index contributed by atoms with van der Waals surface area (Å²) in [6.07, 6.45) is 5.57. The highest BCUT2D eigenvalue weighted by molar-refractivity contribution is 7.91. The number of ether oxygens (including phenoxy) is 1. The van der Waals surface area contributed by atoms with Gasteiger partial charge in [-0.2, -0.15) is 0 Å². The van der Waals surface area contributed by atoms with Crippen LogP contribution in [0.2, 0.25) is 0 Å². The fourth-order valence-corrected chi connectivity index (χ4v) is 4.77. The Labute approximate surface area is 141 Å². The number of amides is 1. The van der Waals surface area contributed by atoms with Crippen LogP contribution in [0.5, 0.6) is 0 Å². The number of hydrogen-bond acceptors (Lipinski definition) is 7. The molecule has 2 aliphatic heterocycles. The third-order valence-electron chi connectivity index (χ3n) is 4.50. The van der Waals surface area contributed by atoms with E-state index < -0.39 is 9.84 Å². The Bertz CT molecular complexity index is 686. The zero-order chi connectivity index (χ0) is 17.2. The summed E-state index contributed by atoms with van der Waals surface area (Å²) in [7, 11) is -1.15. The molecule has 132 valence electrons. The smallest absolute Gasteiger partial charge is 0.271 e. The van der Waals surface area contributed by atoms with Crippen LogP contribution in [0.1, 0.15) is 29.8 Å². The zero-order valence-electron chi connectivity index (χ0n) is 13.6. The summed E-state index contributed by atoms with van der Waals surface area (Å²) in [5.41, 5.74) is 0.240. The molecule has 24 heavy (non-hydrogen) atoms. The summed E-state index contributed by atoms with van der Waals surface area (Å²) in [5, 5.41) is 2.80. The van der Waals surface area contributed by atoms with E-state index in [0.29, 0.717) is 18.8 Å². The van der Waals surface area contributed by atoms with Gasteiger partial charge in [0.25, 0.3) is 5.91 Å². The molecule has 8 nitrogen and oxygen atoms in total. The van der Waals surface area contributed by atoms with Gasteiger partial charge in [-0.15, -0.1) is 0 Å². The molecule has 9 heteroatoms. The second-order valence-corrected chi connectivity index (χ2v) is 8.50. The summed E-state index contributed by atoms with van der Waals surface area (Å²) in [6.45, 7) is 1.22. The van der Waals surface area contributed by atoms with Crippen LogP contribution in [-0.4, -0.2) is 68.1 Å². The van der Waals surface area contributed by atoms with Gasteiger partial charge in [0, 0.05) is 26.2 Å². The minimum absolute atomic E-state index is 0.0802. The van der Waals surface area contributed by atoms with Gasteiger partial charge in [0.05, 0.1) is 30.0 Å². The van der Waals surface area contributed by atoms with Crippen LogP contribution in [0.3, 0.4) is 0 Å². The van der Waals surface area contributed by atoms with Crippen LogP contribution in [0.25, 0.3) is 0 Å². The zero-order valence-corrected chi connectivity index (χ0v) is 14.5. The fourth-order valence-electron chi connectivity index (χ4n) is 2.99. The van der Waals surface area contributed by atoms with Gasteiger partial charge in [0.15, 0.2) is 9.84 Å². The van der Waals surface area contributed by atoms with Gasteiger partial charge in [0.1, 0.15) is 11.5 Å². The van der Waals surface area contributed by atoms with E-state index in [2.05, 4.69) is 15.3 Å². The van der Waals surface area contributed by atoms with Crippen molar-refractivity contribution in [2.45, 2.75) is 31.4 Å². The summed E-state index contributed by atoms with van der Waals surface area (Å²) < 4.78 is 28.6. The Hall–Kier alpha value is -1.74. The van der Waals surface area contributed by atoms with Gasteiger partial charge >= 0.3 is 0 Å². The van der Waals surface area contributed by atoms with Crippen molar-refractivity contribution in [3.8, 4) is 0 Å². The fraction of sp³-hybridized carbons (Fsp3) is 0.667. The normalized spacial score (nSPS) is 25.5. The van der Waals surface area contributed by atoms with Gasteiger partial charge in [0.2, 0.25) is 0 Å². The Kier molecular flexibility index (Phi) is 5.00. The quantitative estimate of drug-likeness (QED) is 0.794. The van der Waals surface area contributed by atoms with Gasteiger partial charge in [-0.3, -0.25) is 4.79 Å². The molecule has 1 amide bonds. The number of rotatable bonds is 5. The van der Waals surface area contributed by atoms with E-state index in [1.54, 1.807) is 7.05 Å². The molecular weight excluding hydrogens is 332 g/mol. The molecule has 1 aromatic rings. The molecule has 0 saturated carbocycles. The highest BCUT2D eigenvalue weighted by atomic mass is 32.2. The Balaban J connectivity index is 1.57. The maximum atomic E-state index is 12.1. The minimum Gasteiger partial charge on any atom is -0.376 e. The lowest BCUT2D eigenvalue weighted by Crippen LogP contribution is -2.34. The SMILES string of the molecule is CN(c1cnc(C(=O)NCC2CCCO2)cn1)C1CCS(=O)(=O)C1. The van der Waals surface area contributed by atoms with Crippen molar-refractivity contribution in [1.82, 2.24) is 15.3 Å². The third-order valence-corrected chi connectivity index (χ3v) is 6.25. The minimum atomic E-state index is -2.95. The van der Waals surface area contributed by atoms with Crippen LogP contribution in [-0.2, 0) is 14.6 Å². The van der Waals surface area contributed by atoms with Crippen molar-refractivity contribution >= 4 is 21.6 Å². The Morgan fingerprint density at radius 3 is 2.79 bits per heavy atom.